The number of benzene rings is 1. The molecular formula is C14H19N3O2. The number of anilines is 1. The highest BCUT2D eigenvalue weighted by atomic mass is 16.5. The number of hydrogen-bond donors (Lipinski definition) is 1. The summed E-state index contributed by atoms with van der Waals surface area (Å²) >= 11 is 0. The van der Waals surface area contributed by atoms with E-state index in [0.29, 0.717) is 11.7 Å². The van der Waals surface area contributed by atoms with Gasteiger partial charge in [0.05, 0.1) is 0 Å². The minimum atomic E-state index is -0.126. The van der Waals surface area contributed by atoms with Gasteiger partial charge in [0.15, 0.2) is 12.4 Å². The summed E-state index contributed by atoms with van der Waals surface area (Å²) in [6.45, 7) is 8.31. The van der Waals surface area contributed by atoms with Crippen LogP contribution in [0.25, 0.3) is 0 Å². The molecule has 0 atom stereocenters. The largest absolute Gasteiger partial charge is 0.483 e. The average molecular weight is 261 g/mol. The van der Waals surface area contributed by atoms with Gasteiger partial charge in [-0.3, -0.25) is 0 Å². The van der Waals surface area contributed by atoms with Crippen molar-refractivity contribution in [2.45, 2.75) is 39.7 Å². The molecule has 0 aliphatic carbocycles. The second-order valence-electron chi connectivity index (χ2n) is 5.58. The lowest BCUT2D eigenvalue weighted by atomic mass is 9.96. The van der Waals surface area contributed by atoms with Crippen LogP contribution in [0.1, 0.15) is 38.0 Å². The van der Waals surface area contributed by atoms with Gasteiger partial charge >= 0.3 is 0 Å². The molecule has 2 N–H and O–H groups in total. The van der Waals surface area contributed by atoms with Crippen LogP contribution in [0.3, 0.4) is 0 Å². The Hall–Kier alpha value is -2.04. The molecule has 0 unspecified atom stereocenters. The maximum absolute atomic E-state index is 5.69. The van der Waals surface area contributed by atoms with Crippen molar-refractivity contribution in [3.63, 3.8) is 0 Å². The van der Waals surface area contributed by atoms with Crippen molar-refractivity contribution in [3.05, 3.63) is 35.5 Å². The minimum absolute atomic E-state index is 0.126. The topological polar surface area (TPSA) is 74.2 Å². The van der Waals surface area contributed by atoms with E-state index in [1.165, 1.54) is 0 Å². The molecule has 102 valence electrons. The van der Waals surface area contributed by atoms with E-state index in [9.17, 15) is 0 Å². The fraction of sp³-hybridized carbons (Fsp3) is 0.429. The van der Waals surface area contributed by atoms with Crippen LogP contribution in [0, 0.1) is 6.92 Å². The summed E-state index contributed by atoms with van der Waals surface area (Å²) in [5, 5.41) is 3.95. The van der Waals surface area contributed by atoms with E-state index in [-0.39, 0.29) is 12.0 Å². The first kappa shape index (κ1) is 13.4. The van der Waals surface area contributed by atoms with Gasteiger partial charge in [0.2, 0.25) is 0 Å². The molecular weight excluding hydrogens is 242 g/mol. The third kappa shape index (κ3) is 3.24. The highest BCUT2D eigenvalue weighted by molar-refractivity contribution is 5.47. The number of nitrogens with two attached hydrogens (primary N) is 1. The summed E-state index contributed by atoms with van der Waals surface area (Å²) in [4.78, 5) is 4.32. The first-order valence-corrected chi connectivity index (χ1v) is 6.18. The predicted molar refractivity (Wildman–Crippen MR) is 72.9 cm³/mol. The zero-order valence-electron chi connectivity index (χ0n) is 11.7. The minimum Gasteiger partial charge on any atom is -0.483 e. The fourth-order valence-corrected chi connectivity index (χ4v) is 1.59. The Morgan fingerprint density at radius 3 is 2.63 bits per heavy atom. The lowest BCUT2D eigenvalue weighted by Gasteiger charge is -2.11. The molecule has 0 aliphatic rings. The Kier molecular flexibility index (Phi) is 3.46. The molecule has 5 heteroatoms. The van der Waals surface area contributed by atoms with E-state index in [4.69, 9.17) is 15.0 Å². The second kappa shape index (κ2) is 4.91. The molecule has 0 saturated carbocycles. The lowest BCUT2D eigenvalue weighted by molar-refractivity contribution is 0.241. The molecule has 0 radical (unpaired) electrons. The molecule has 0 spiro atoms. The molecule has 0 bridgehead atoms. The molecule has 0 saturated heterocycles. The third-order valence-electron chi connectivity index (χ3n) is 2.69. The summed E-state index contributed by atoms with van der Waals surface area (Å²) in [7, 11) is 0. The van der Waals surface area contributed by atoms with Crippen molar-refractivity contribution in [1.82, 2.24) is 10.1 Å². The lowest BCUT2D eigenvalue weighted by Crippen LogP contribution is -2.13. The first-order chi connectivity index (χ1) is 8.86. The van der Waals surface area contributed by atoms with E-state index >= 15 is 0 Å². The molecule has 0 fully saturated rings. The van der Waals surface area contributed by atoms with Crippen LogP contribution in [-0.2, 0) is 12.0 Å². The van der Waals surface area contributed by atoms with E-state index in [0.717, 1.165) is 17.0 Å². The maximum Gasteiger partial charge on any atom is 0.264 e. The molecule has 0 amide bonds. The first-order valence-electron chi connectivity index (χ1n) is 6.18. The van der Waals surface area contributed by atoms with E-state index in [2.05, 4.69) is 10.1 Å². The van der Waals surface area contributed by atoms with E-state index < -0.39 is 0 Å². The smallest absolute Gasteiger partial charge is 0.264 e. The van der Waals surface area contributed by atoms with E-state index in [1.54, 1.807) is 6.07 Å². The normalized spacial score (nSPS) is 11.6. The van der Waals surface area contributed by atoms with Crippen molar-refractivity contribution < 1.29 is 9.26 Å². The van der Waals surface area contributed by atoms with Gasteiger partial charge in [-0.1, -0.05) is 25.9 Å². The molecule has 19 heavy (non-hydrogen) atoms. The van der Waals surface area contributed by atoms with Crippen molar-refractivity contribution >= 4 is 5.69 Å². The van der Waals surface area contributed by atoms with Gasteiger partial charge in [-0.25, -0.2) is 0 Å². The standard InChI is InChI=1S/C14H19N3O2/c1-9-7-10(15)5-6-11(9)18-8-12-16-13(17-19-12)14(2,3)4/h5-7H,8,15H2,1-4H3. The molecule has 1 aromatic carbocycles. The Labute approximate surface area is 112 Å². The van der Waals surface area contributed by atoms with Crippen LogP contribution < -0.4 is 10.5 Å². The third-order valence-corrected chi connectivity index (χ3v) is 2.69. The Bertz CT molecular complexity index is 570. The monoisotopic (exact) mass is 261 g/mol. The summed E-state index contributed by atoms with van der Waals surface area (Å²) < 4.78 is 10.8. The zero-order chi connectivity index (χ0) is 14.0. The highest BCUT2D eigenvalue weighted by Crippen LogP contribution is 2.22. The number of rotatable bonds is 3. The van der Waals surface area contributed by atoms with Gasteiger partial charge in [-0.2, -0.15) is 4.98 Å². The summed E-state index contributed by atoms with van der Waals surface area (Å²) in [6.07, 6.45) is 0. The Balaban J connectivity index is 2.04. The number of hydrogen-bond acceptors (Lipinski definition) is 5. The fourth-order valence-electron chi connectivity index (χ4n) is 1.59. The highest BCUT2D eigenvalue weighted by Gasteiger charge is 2.21. The molecule has 2 rings (SSSR count). The maximum atomic E-state index is 5.69. The van der Waals surface area contributed by atoms with E-state index in [1.807, 2.05) is 39.8 Å². The van der Waals surface area contributed by atoms with Crippen molar-refractivity contribution in [2.75, 3.05) is 5.73 Å². The molecule has 1 heterocycles. The van der Waals surface area contributed by atoms with Gasteiger partial charge in [-0.05, 0) is 30.7 Å². The average Bonchev–Trinajstić information content (AvgIpc) is 2.76. The molecule has 0 aliphatic heterocycles. The van der Waals surface area contributed by atoms with Crippen LogP contribution >= 0.6 is 0 Å². The number of nitrogens with zero attached hydrogens (tertiary/aromatic N) is 2. The van der Waals surface area contributed by atoms with Gasteiger partial charge in [0.25, 0.3) is 5.89 Å². The Morgan fingerprint density at radius 2 is 2.05 bits per heavy atom. The van der Waals surface area contributed by atoms with Crippen molar-refractivity contribution in [2.24, 2.45) is 0 Å². The van der Waals surface area contributed by atoms with Gasteiger partial charge in [0, 0.05) is 11.1 Å². The quantitative estimate of drug-likeness (QED) is 0.860. The number of aryl methyl sites for hydroxylation is 1. The van der Waals surface area contributed by atoms with Crippen LogP contribution in [0.15, 0.2) is 22.7 Å². The SMILES string of the molecule is Cc1cc(N)ccc1OCc1nc(C(C)(C)C)no1. The van der Waals surface area contributed by atoms with Crippen molar-refractivity contribution in [1.29, 1.82) is 0 Å². The van der Waals surface area contributed by atoms with Gasteiger partial charge in [-0.15, -0.1) is 0 Å². The van der Waals surface area contributed by atoms with Crippen LogP contribution in [0.4, 0.5) is 5.69 Å². The summed E-state index contributed by atoms with van der Waals surface area (Å²) in [5.41, 5.74) is 7.27. The number of ether oxygens (including phenoxy) is 1. The van der Waals surface area contributed by atoms with Crippen LogP contribution in [-0.4, -0.2) is 10.1 Å². The molecule has 5 nitrogen and oxygen atoms in total. The van der Waals surface area contributed by atoms with Crippen LogP contribution in [0.5, 0.6) is 5.75 Å². The van der Waals surface area contributed by atoms with Crippen LogP contribution in [0.2, 0.25) is 0 Å². The summed E-state index contributed by atoms with van der Waals surface area (Å²) in [6, 6.07) is 5.51. The van der Waals surface area contributed by atoms with Gasteiger partial charge < -0.3 is 15.0 Å². The van der Waals surface area contributed by atoms with Crippen molar-refractivity contribution in [3.8, 4) is 5.75 Å². The number of aromatic nitrogens is 2. The molecule has 1 aromatic heterocycles. The summed E-state index contributed by atoms with van der Waals surface area (Å²) in [5.74, 6) is 1.92. The predicted octanol–water partition coefficient (Wildman–Crippen LogP) is 2.84. The van der Waals surface area contributed by atoms with Gasteiger partial charge in [0.1, 0.15) is 5.75 Å². The second-order valence-corrected chi connectivity index (χ2v) is 5.58. The Morgan fingerprint density at radius 1 is 1.32 bits per heavy atom. The number of nitrogen functional groups attached to an aromatic ring is 1. The molecule has 2 aromatic rings. The zero-order valence-corrected chi connectivity index (χ0v) is 11.7.